The molecular weight excluding hydrogens is 244 g/mol. The molecule has 0 radical (unpaired) electrons. The van der Waals surface area contributed by atoms with E-state index in [0.717, 1.165) is 32.6 Å². The third-order valence-corrected chi connectivity index (χ3v) is 4.04. The second-order valence-electron chi connectivity index (χ2n) is 5.30. The van der Waals surface area contributed by atoms with Gasteiger partial charge in [0.1, 0.15) is 0 Å². The van der Waals surface area contributed by atoms with Crippen LogP contribution in [0, 0.1) is 0 Å². The van der Waals surface area contributed by atoms with Gasteiger partial charge in [-0.25, -0.2) is 0 Å². The molecule has 1 aliphatic rings. The number of benzene rings is 2. The van der Waals surface area contributed by atoms with Crippen molar-refractivity contribution in [3.05, 3.63) is 54.1 Å². The molecule has 1 fully saturated rings. The predicted octanol–water partition coefficient (Wildman–Crippen LogP) is 3.33. The standard InChI is InChI=1S/C18H22N2/c1-2-15-6-3-4-9-18(15)16-7-5-8-17(14-16)20-12-10-19-11-13-20/h3-9,14,19H,2,10-13H2,1H3. The van der Waals surface area contributed by atoms with Crippen molar-refractivity contribution in [1.82, 2.24) is 5.32 Å². The van der Waals surface area contributed by atoms with E-state index < -0.39 is 0 Å². The van der Waals surface area contributed by atoms with E-state index in [1.807, 2.05) is 0 Å². The molecule has 20 heavy (non-hydrogen) atoms. The van der Waals surface area contributed by atoms with E-state index in [1.165, 1.54) is 22.4 Å². The predicted molar refractivity (Wildman–Crippen MR) is 86.3 cm³/mol. The summed E-state index contributed by atoms with van der Waals surface area (Å²) in [4.78, 5) is 2.47. The summed E-state index contributed by atoms with van der Waals surface area (Å²) in [6, 6.07) is 17.7. The Hall–Kier alpha value is -1.80. The molecular formula is C18H22N2. The van der Waals surface area contributed by atoms with E-state index in [2.05, 4.69) is 65.7 Å². The molecule has 1 saturated heterocycles. The molecule has 0 bridgehead atoms. The minimum atomic E-state index is 1.08. The molecule has 2 heteroatoms. The Kier molecular flexibility index (Phi) is 4.03. The van der Waals surface area contributed by atoms with Gasteiger partial charge < -0.3 is 10.2 Å². The topological polar surface area (TPSA) is 15.3 Å². The van der Waals surface area contributed by atoms with Crippen molar-refractivity contribution in [2.45, 2.75) is 13.3 Å². The fraction of sp³-hybridized carbons (Fsp3) is 0.333. The number of nitrogens with one attached hydrogen (secondary N) is 1. The summed E-state index contributed by atoms with van der Waals surface area (Å²) < 4.78 is 0. The molecule has 0 spiro atoms. The van der Waals surface area contributed by atoms with Gasteiger partial charge in [0.15, 0.2) is 0 Å². The summed E-state index contributed by atoms with van der Waals surface area (Å²) in [5, 5.41) is 3.41. The van der Waals surface area contributed by atoms with Crippen LogP contribution in [0.4, 0.5) is 5.69 Å². The van der Waals surface area contributed by atoms with Crippen LogP contribution in [0.5, 0.6) is 0 Å². The van der Waals surface area contributed by atoms with Gasteiger partial charge in [-0.1, -0.05) is 43.3 Å². The lowest BCUT2D eigenvalue weighted by Crippen LogP contribution is -2.43. The first-order valence-electron chi connectivity index (χ1n) is 7.52. The normalized spacial score (nSPS) is 15.3. The summed E-state index contributed by atoms with van der Waals surface area (Å²) in [6.45, 7) is 6.57. The molecule has 0 amide bonds. The lowest BCUT2D eigenvalue weighted by atomic mass is 9.97. The van der Waals surface area contributed by atoms with Crippen molar-refractivity contribution in [2.24, 2.45) is 0 Å². The fourth-order valence-corrected chi connectivity index (χ4v) is 2.90. The van der Waals surface area contributed by atoms with Crippen molar-refractivity contribution in [2.75, 3.05) is 31.1 Å². The van der Waals surface area contributed by atoms with Gasteiger partial charge in [-0.05, 0) is 35.2 Å². The summed E-state index contributed by atoms with van der Waals surface area (Å²) >= 11 is 0. The smallest absolute Gasteiger partial charge is 0.0373 e. The Balaban J connectivity index is 1.94. The van der Waals surface area contributed by atoms with Gasteiger partial charge in [-0.15, -0.1) is 0 Å². The average molecular weight is 266 g/mol. The molecule has 1 N–H and O–H groups in total. The number of aryl methyl sites for hydroxylation is 1. The Bertz CT molecular complexity index is 571. The van der Waals surface area contributed by atoms with Crippen LogP contribution in [-0.4, -0.2) is 26.2 Å². The summed E-state index contributed by atoms with van der Waals surface area (Å²) in [7, 11) is 0. The van der Waals surface area contributed by atoms with E-state index in [4.69, 9.17) is 0 Å². The van der Waals surface area contributed by atoms with E-state index in [0.29, 0.717) is 0 Å². The summed E-state index contributed by atoms with van der Waals surface area (Å²) in [6.07, 6.45) is 1.08. The largest absolute Gasteiger partial charge is 0.369 e. The second-order valence-corrected chi connectivity index (χ2v) is 5.30. The first kappa shape index (κ1) is 13.2. The minimum absolute atomic E-state index is 1.08. The first-order chi connectivity index (χ1) is 9.88. The van der Waals surface area contributed by atoms with Gasteiger partial charge in [0.25, 0.3) is 0 Å². The van der Waals surface area contributed by atoms with Crippen LogP contribution in [0.15, 0.2) is 48.5 Å². The van der Waals surface area contributed by atoms with Crippen LogP contribution in [0.25, 0.3) is 11.1 Å². The molecule has 3 rings (SSSR count). The number of hydrogen-bond acceptors (Lipinski definition) is 2. The SMILES string of the molecule is CCc1ccccc1-c1cccc(N2CCNCC2)c1. The maximum atomic E-state index is 3.41. The lowest BCUT2D eigenvalue weighted by molar-refractivity contribution is 0.589. The highest BCUT2D eigenvalue weighted by molar-refractivity contribution is 5.71. The molecule has 0 saturated carbocycles. The van der Waals surface area contributed by atoms with Gasteiger partial charge >= 0.3 is 0 Å². The highest BCUT2D eigenvalue weighted by Crippen LogP contribution is 2.28. The Morgan fingerprint density at radius 2 is 1.80 bits per heavy atom. The van der Waals surface area contributed by atoms with Gasteiger partial charge in [-0.3, -0.25) is 0 Å². The third-order valence-electron chi connectivity index (χ3n) is 4.04. The highest BCUT2D eigenvalue weighted by Gasteiger charge is 2.11. The van der Waals surface area contributed by atoms with Crippen molar-refractivity contribution in [3.8, 4) is 11.1 Å². The molecule has 1 aliphatic heterocycles. The highest BCUT2D eigenvalue weighted by atomic mass is 15.2. The molecule has 0 atom stereocenters. The van der Waals surface area contributed by atoms with Crippen LogP contribution in [-0.2, 0) is 6.42 Å². The van der Waals surface area contributed by atoms with Crippen molar-refractivity contribution >= 4 is 5.69 Å². The van der Waals surface area contributed by atoms with E-state index in [1.54, 1.807) is 0 Å². The zero-order valence-electron chi connectivity index (χ0n) is 12.1. The van der Waals surface area contributed by atoms with Crippen LogP contribution in [0.3, 0.4) is 0 Å². The molecule has 2 nitrogen and oxygen atoms in total. The van der Waals surface area contributed by atoms with Gasteiger partial charge in [0.2, 0.25) is 0 Å². The third kappa shape index (κ3) is 2.70. The molecule has 104 valence electrons. The summed E-state index contributed by atoms with van der Waals surface area (Å²) in [5.41, 5.74) is 5.46. The zero-order chi connectivity index (χ0) is 13.8. The van der Waals surface area contributed by atoms with E-state index >= 15 is 0 Å². The Labute approximate surface area is 121 Å². The van der Waals surface area contributed by atoms with Crippen molar-refractivity contribution in [1.29, 1.82) is 0 Å². The van der Waals surface area contributed by atoms with Gasteiger partial charge in [-0.2, -0.15) is 0 Å². The number of hydrogen-bond donors (Lipinski definition) is 1. The molecule has 2 aromatic rings. The fourth-order valence-electron chi connectivity index (χ4n) is 2.90. The minimum Gasteiger partial charge on any atom is -0.369 e. The number of anilines is 1. The molecule has 0 aliphatic carbocycles. The zero-order valence-corrected chi connectivity index (χ0v) is 12.1. The maximum absolute atomic E-state index is 3.41. The lowest BCUT2D eigenvalue weighted by Gasteiger charge is -2.29. The van der Waals surface area contributed by atoms with E-state index in [-0.39, 0.29) is 0 Å². The van der Waals surface area contributed by atoms with Crippen LogP contribution in [0.2, 0.25) is 0 Å². The van der Waals surface area contributed by atoms with E-state index in [9.17, 15) is 0 Å². The molecule has 1 heterocycles. The number of piperazine rings is 1. The number of rotatable bonds is 3. The van der Waals surface area contributed by atoms with Gasteiger partial charge in [0.05, 0.1) is 0 Å². The number of nitrogens with zero attached hydrogens (tertiary/aromatic N) is 1. The monoisotopic (exact) mass is 266 g/mol. The van der Waals surface area contributed by atoms with Gasteiger partial charge in [0, 0.05) is 31.9 Å². The Morgan fingerprint density at radius 1 is 1.00 bits per heavy atom. The first-order valence-corrected chi connectivity index (χ1v) is 7.52. The van der Waals surface area contributed by atoms with Crippen LogP contribution < -0.4 is 10.2 Å². The molecule has 2 aromatic carbocycles. The quantitative estimate of drug-likeness (QED) is 0.916. The summed E-state index contributed by atoms with van der Waals surface area (Å²) in [5.74, 6) is 0. The molecule has 0 unspecified atom stereocenters. The van der Waals surface area contributed by atoms with Crippen molar-refractivity contribution in [3.63, 3.8) is 0 Å². The second kappa shape index (κ2) is 6.10. The maximum Gasteiger partial charge on any atom is 0.0373 e. The van der Waals surface area contributed by atoms with Crippen LogP contribution in [0.1, 0.15) is 12.5 Å². The van der Waals surface area contributed by atoms with Crippen LogP contribution >= 0.6 is 0 Å². The average Bonchev–Trinajstić information content (AvgIpc) is 2.56. The molecule has 0 aromatic heterocycles. The van der Waals surface area contributed by atoms with Crippen molar-refractivity contribution < 1.29 is 0 Å². The Morgan fingerprint density at radius 3 is 2.60 bits per heavy atom.